The molecule has 0 aliphatic rings. The van der Waals surface area contributed by atoms with Gasteiger partial charge in [-0.15, -0.1) is 10.2 Å². The van der Waals surface area contributed by atoms with Gasteiger partial charge in [0.1, 0.15) is 0 Å². The third-order valence-corrected chi connectivity index (χ3v) is 6.97. The van der Waals surface area contributed by atoms with Gasteiger partial charge in [-0.3, -0.25) is 14.0 Å². The molecule has 0 bridgehead atoms. The summed E-state index contributed by atoms with van der Waals surface area (Å²) in [5, 5.41) is 12.4. The first-order chi connectivity index (χ1) is 16.8. The molecule has 0 radical (unpaired) electrons. The lowest BCUT2D eigenvalue weighted by Crippen LogP contribution is -2.24. The maximum atomic E-state index is 13.6. The Kier molecular flexibility index (Phi) is 5.90. The van der Waals surface area contributed by atoms with Crippen LogP contribution >= 0.6 is 11.8 Å². The number of carbonyl (C=O) groups excluding carboxylic acids is 1. The highest BCUT2D eigenvalue weighted by Crippen LogP contribution is 2.27. The average Bonchev–Trinajstić information content (AvgIpc) is 3.23. The molecule has 0 aliphatic carbocycles. The largest absolute Gasteiger partial charge is 0.325 e. The summed E-state index contributed by atoms with van der Waals surface area (Å²) in [6.07, 6.45) is 0. The van der Waals surface area contributed by atoms with Crippen LogP contribution in [0.5, 0.6) is 0 Å². The van der Waals surface area contributed by atoms with Crippen molar-refractivity contribution in [2.45, 2.75) is 38.1 Å². The van der Waals surface area contributed by atoms with Crippen LogP contribution in [0.25, 0.3) is 22.4 Å². The fourth-order valence-corrected chi connectivity index (χ4v) is 5.06. The van der Waals surface area contributed by atoms with Gasteiger partial charge in [0.05, 0.1) is 21.8 Å². The first kappa shape index (κ1) is 22.9. The van der Waals surface area contributed by atoms with E-state index in [-0.39, 0.29) is 11.5 Å². The lowest BCUT2D eigenvalue weighted by atomic mass is 10.1. The van der Waals surface area contributed by atoms with Gasteiger partial charge in [-0.2, -0.15) is 0 Å². The number of carbonyl (C=O) groups is 1. The molecule has 0 fully saturated rings. The number of thioether (sulfide) groups is 1. The quantitative estimate of drug-likeness (QED) is 0.353. The minimum absolute atomic E-state index is 0.135. The zero-order chi connectivity index (χ0) is 24.7. The highest BCUT2D eigenvalue weighted by Gasteiger charge is 2.22. The highest BCUT2D eigenvalue weighted by atomic mass is 32.2. The molecule has 7 nitrogen and oxygen atoms in total. The van der Waals surface area contributed by atoms with Crippen LogP contribution in [-0.2, 0) is 4.79 Å². The number of amides is 1. The van der Waals surface area contributed by atoms with Gasteiger partial charge in [-0.05, 0) is 69.2 Å². The second-order valence-corrected chi connectivity index (χ2v) is 9.99. The van der Waals surface area contributed by atoms with Gasteiger partial charge in [-0.25, -0.2) is 4.57 Å². The van der Waals surface area contributed by atoms with E-state index in [0.717, 1.165) is 28.1 Å². The minimum Gasteiger partial charge on any atom is -0.325 e. The molecule has 1 amide bonds. The Morgan fingerprint density at radius 1 is 0.943 bits per heavy atom. The van der Waals surface area contributed by atoms with Crippen molar-refractivity contribution >= 4 is 40.0 Å². The van der Waals surface area contributed by atoms with E-state index < -0.39 is 5.25 Å². The number of fused-ring (bicyclic) bond motifs is 3. The van der Waals surface area contributed by atoms with Crippen molar-refractivity contribution in [1.29, 1.82) is 0 Å². The molecule has 0 aliphatic heterocycles. The maximum absolute atomic E-state index is 13.6. The number of benzene rings is 3. The molecule has 3 aromatic carbocycles. The van der Waals surface area contributed by atoms with Gasteiger partial charge in [0.2, 0.25) is 11.7 Å². The Morgan fingerprint density at radius 2 is 1.71 bits per heavy atom. The first-order valence-electron chi connectivity index (χ1n) is 11.3. The van der Waals surface area contributed by atoms with E-state index in [0.29, 0.717) is 21.8 Å². The number of para-hydroxylation sites is 1. The van der Waals surface area contributed by atoms with Gasteiger partial charge in [0, 0.05) is 5.69 Å². The monoisotopic (exact) mass is 483 g/mol. The summed E-state index contributed by atoms with van der Waals surface area (Å²) in [5.74, 6) is 0.277. The van der Waals surface area contributed by atoms with Gasteiger partial charge >= 0.3 is 0 Å². The average molecular weight is 484 g/mol. The Labute approximate surface area is 206 Å². The van der Waals surface area contributed by atoms with Crippen molar-refractivity contribution in [3.05, 3.63) is 93.8 Å². The molecule has 8 heteroatoms. The van der Waals surface area contributed by atoms with E-state index in [1.54, 1.807) is 10.6 Å². The lowest BCUT2D eigenvalue weighted by Gasteiger charge is -2.15. The number of aromatic nitrogens is 4. The van der Waals surface area contributed by atoms with Gasteiger partial charge < -0.3 is 5.32 Å². The number of nitrogens with one attached hydrogen (secondary N) is 1. The highest BCUT2D eigenvalue weighted by molar-refractivity contribution is 8.00. The van der Waals surface area contributed by atoms with Gasteiger partial charge in [-0.1, -0.05) is 53.7 Å². The van der Waals surface area contributed by atoms with Crippen LogP contribution in [0.1, 0.15) is 23.6 Å². The fraction of sp³-hybridized carbons (Fsp3) is 0.185. The third kappa shape index (κ3) is 4.21. The van der Waals surface area contributed by atoms with Gasteiger partial charge in [0.15, 0.2) is 5.16 Å². The predicted molar refractivity (Wildman–Crippen MR) is 141 cm³/mol. The van der Waals surface area contributed by atoms with E-state index in [4.69, 9.17) is 0 Å². The zero-order valence-electron chi connectivity index (χ0n) is 19.9. The number of hydrogen-bond acceptors (Lipinski definition) is 5. The zero-order valence-corrected chi connectivity index (χ0v) is 20.8. The van der Waals surface area contributed by atoms with E-state index in [1.807, 2.05) is 92.8 Å². The standard InChI is InChI=1S/C27H25N5O2S/c1-16-8-7-9-20(15-16)28-24(33)19(4)35-27-30-29-26-31(22-13-12-17(2)14-18(22)3)25(34)21-10-5-6-11-23(21)32(26)27/h5-15,19H,1-4H3,(H,28,33). The Balaban J connectivity index is 1.61. The van der Waals surface area contributed by atoms with Gasteiger partial charge in [0.25, 0.3) is 5.56 Å². The normalized spacial score (nSPS) is 12.2. The van der Waals surface area contributed by atoms with E-state index in [1.165, 1.54) is 11.8 Å². The van der Waals surface area contributed by atoms with Crippen LogP contribution in [0.3, 0.4) is 0 Å². The van der Waals surface area contributed by atoms with Crippen molar-refractivity contribution in [2.24, 2.45) is 0 Å². The molecular formula is C27H25N5O2S. The number of hydrogen-bond donors (Lipinski definition) is 1. The molecule has 2 heterocycles. The number of aryl methyl sites for hydroxylation is 3. The van der Waals surface area contributed by atoms with Crippen LogP contribution in [-0.4, -0.2) is 30.3 Å². The smallest absolute Gasteiger partial charge is 0.267 e. The molecule has 0 saturated carbocycles. The Hall–Kier alpha value is -3.91. The Bertz CT molecular complexity index is 1650. The summed E-state index contributed by atoms with van der Waals surface area (Å²) in [7, 11) is 0. The molecule has 1 N–H and O–H groups in total. The molecule has 1 atom stereocenters. The van der Waals surface area contributed by atoms with Crippen molar-refractivity contribution in [3.8, 4) is 5.69 Å². The SMILES string of the molecule is Cc1cccc(NC(=O)C(C)Sc2nnc3n(-c4ccc(C)cc4C)c(=O)c4ccccc4n23)c1. The summed E-state index contributed by atoms with van der Waals surface area (Å²) in [6.45, 7) is 7.81. The van der Waals surface area contributed by atoms with Crippen LogP contribution in [0.15, 0.2) is 76.7 Å². The molecule has 2 aromatic heterocycles. The van der Waals surface area contributed by atoms with Crippen LogP contribution < -0.4 is 10.9 Å². The molecule has 35 heavy (non-hydrogen) atoms. The second-order valence-electron chi connectivity index (χ2n) is 8.68. The topological polar surface area (TPSA) is 81.3 Å². The minimum atomic E-state index is -0.442. The summed E-state index contributed by atoms with van der Waals surface area (Å²) in [4.78, 5) is 26.5. The van der Waals surface area contributed by atoms with Crippen molar-refractivity contribution in [1.82, 2.24) is 19.2 Å². The molecule has 5 aromatic rings. The van der Waals surface area contributed by atoms with Crippen LogP contribution in [0, 0.1) is 20.8 Å². The summed E-state index contributed by atoms with van der Waals surface area (Å²) < 4.78 is 3.46. The molecule has 5 rings (SSSR count). The summed E-state index contributed by atoms with van der Waals surface area (Å²) in [6, 6.07) is 21.0. The number of anilines is 1. The third-order valence-electron chi connectivity index (χ3n) is 5.92. The molecule has 1 unspecified atom stereocenters. The van der Waals surface area contributed by atoms with E-state index in [9.17, 15) is 9.59 Å². The second kappa shape index (κ2) is 9.03. The van der Waals surface area contributed by atoms with Crippen molar-refractivity contribution in [3.63, 3.8) is 0 Å². The summed E-state index contributed by atoms with van der Waals surface area (Å²) >= 11 is 1.30. The summed E-state index contributed by atoms with van der Waals surface area (Å²) in [5.41, 5.74) is 5.20. The fourth-order valence-electron chi connectivity index (χ4n) is 4.21. The predicted octanol–water partition coefficient (Wildman–Crippen LogP) is 5.08. The van der Waals surface area contributed by atoms with Crippen molar-refractivity contribution in [2.75, 3.05) is 5.32 Å². The molecular weight excluding hydrogens is 458 g/mol. The van der Waals surface area contributed by atoms with E-state index >= 15 is 0 Å². The lowest BCUT2D eigenvalue weighted by molar-refractivity contribution is -0.115. The van der Waals surface area contributed by atoms with Crippen LogP contribution in [0.2, 0.25) is 0 Å². The first-order valence-corrected chi connectivity index (χ1v) is 12.2. The molecule has 176 valence electrons. The maximum Gasteiger partial charge on any atom is 0.267 e. The Morgan fingerprint density at radius 3 is 2.49 bits per heavy atom. The van der Waals surface area contributed by atoms with Crippen LogP contribution in [0.4, 0.5) is 5.69 Å². The van der Waals surface area contributed by atoms with Crippen molar-refractivity contribution < 1.29 is 4.79 Å². The number of rotatable bonds is 5. The van der Waals surface area contributed by atoms with E-state index in [2.05, 4.69) is 15.5 Å². The molecule has 0 saturated heterocycles. The number of nitrogens with zero attached hydrogens (tertiary/aromatic N) is 4. The molecule has 0 spiro atoms.